The Morgan fingerprint density at radius 2 is 1.57 bits per heavy atom. The van der Waals surface area contributed by atoms with Gasteiger partial charge in [0.1, 0.15) is 0 Å². The monoisotopic (exact) mass is 464 g/mol. The van der Waals surface area contributed by atoms with Crippen LogP contribution in [0.25, 0.3) is 0 Å². The number of sulfonamides is 2. The fourth-order valence-electron chi connectivity index (χ4n) is 2.90. The molecule has 0 unspecified atom stereocenters. The van der Waals surface area contributed by atoms with Crippen LogP contribution in [-0.2, 0) is 31.0 Å². The molecule has 0 saturated carbocycles. The Morgan fingerprint density at radius 1 is 0.967 bits per heavy atom. The summed E-state index contributed by atoms with van der Waals surface area (Å²) in [5.41, 5.74) is -0.568. The molecular formula is C18H19F3N2O5S2. The standard InChI is InChI=1S/C18H19F3N2O5S2/c1-13-2-5-15(12-17(13)30(26,27)23-8-10-28-11-9-23)22-29(24,25)16-6-3-14(4-7-16)18(19,20)21/h2-7,12,22H,8-11H2,1H3. The fourth-order valence-corrected chi connectivity index (χ4v) is 5.61. The second-order valence-corrected chi connectivity index (χ2v) is 10.2. The van der Waals surface area contributed by atoms with Crippen LogP contribution in [0.15, 0.2) is 52.3 Å². The second-order valence-electron chi connectivity index (χ2n) is 6.62. The summed E-state index contributed by atoms with van der Waals surface area (Å²) in [4.78, 5) is -0.439. The lowest BCUT2D eigenvalue weighted by Crippen LogP contribution is -2.40. The van der Waals surface area contributed by atoms with Gasteiger partial charge in [0.2, 0.25) is 10.0 Å². The minimum absolute atomic E-state index is 0.0210. The average Bonchev–Trinajstić information content (AvgIpc) is 2.69. The van der Waals surface area contributed by atoms with E-state index in [0.29, 0.717) is 17.7 Å². The smallest absolute Gasteiger partial charge is 0.379 e. The predicted octanol–water partition coefficient (Wildman–Crippen LogP) is 2.84. The zero-order chi connectivity index (χ0) is 22.2. The van der Waals surface area contributed by atoms with Gasteiger partial charge in [-0.25, -0.2) is 16.8 Å². The van der Waals surface area contributed by atoms with Gasteiger partial charge in [-0.1, -0.05) is 6.07 Å². The molecule has 164 valence electrons. The summed E-state index contributed by atoms with van der Waals surface area (Å²) in [5, 5.41) is 0. The Morgan fingerprint density at radius 3 is 2.13 bits per heavy atom. The van der Waals surface area contributed by atoms with Crippen LogP contribution in [0.4, 0.5) is 18.9 Å². The number of nitrogens with one attached hydrogen (secondary N) is 1. The van der Waals surface area contributed by atoms with Crippen LogP contribution >= 0.6 is 0 Å². The maximum absolute atomic E-state index is 12.9. The highest BCUT2D eigenvalue weighted by molar-refractivity contribution is 7.92. The molecule has 3 rings (SSSR count). The van der Waals surface area contributed by atoms with Gasteiger partial charge < -0.3 is 4.74 Å². The van der Waals surface area contributed by atoms with Crippen LogP contribution in [-0.4, -0.2) is 47.4 Å². The molecule has 0 aromatic heterocycles. The molecule has 0 atom stereocenters. The zero-order valence-corrected chi connectivity index (χ0v) is 17.4. The molecule has 1 heterocycles. The van der Waals surface area contributed by atoms with Crippen LogP contribution in [0.2, 0.25) is 0 Å². The number of morpholine rings is 1. The molecule has 7 nitrogen and oxygen atoms in total. The SMILES string of the molecule is Cc1ccc(NS(=O)(=O)c2ccc(C(F)(F)F)cc2)cc1S(=O)(=O)N1CCOCC1. The van der Waals surface area contributed by atoms with Gasteiger partial charge in [-0.2, -0.15) is 17.5 Å². The van der Waals surface area contributed by atoms with Gasteiger partial charge >= 0.3 is 6.18 Å². The highest BCUT2D eigenvalue weighted by Crippen LogP contribution is 2.30. The first kappa shape index (κ1) is 22.5. The molecule has 0 bridgehead atoms. The highest BCUT2D eigenvalue weighted by Gasteiger charge is 2.31. The molecule has 2 aromatic carbocycles. The Hall–Kier alpha value is -2.15. The van der Waals surface area contributed by atoms with Crippen molar-refractivity contribution in [3.05, 3.63) is 53.6 Å². The van der Waals surface area contributed by atoms with Crippen LogP contribution in [0.5, 0.6) is 0 Å². The van der Waals surface area contributed by atoms with Crippen molar-refractivity contribution in [3.63, 3.8) is 0 Å². The topological polar surface area (TPSA) is 92.8 Å². The lowest BCUT2D eigenvalue weighted by Gasteiger charge is -2.26. The molecule has 12 heteroatoms. The molecule has 0 radical (unpaired) electrons. The van der Waals surface area contributed by atoms with Crippen molar-refractivity contribution >= 4 is 25.7 Å². The van der Waals surface area contributed by atoms with E-state index in [4.69, 9.17) is 4.74 Å². The normalized spacial score (nSPS) is 16.4. The molecule has 1 N–H and O–H groups in total. The third-order valence-electron chi connectivity index (χ3n) is 4.52. The summed E-state index contributed by atoms with van der Waals surface area (Å²) in [6.45, 7) is 2.48. The molecule has 0 spiro atoms. The van der Waals surface area contributed by atoms with Crippen molar-refractivity contribution in [2.45, 2.75) is 22.9 Å². The maximum atomic E-state index is 12.9. The van der Waals surface area contributed by atoms with Crippen LogP contribution in [0.1, 0.15) is 11.1 Å². The van der Waals surface area contributed by atoms with E-state index in [2.05, 4.69) is 4.72 Å². The predicted molar refractivity (Wildman–Crippen MR) is 103 cm³/mol. The third-order valence-corrected chi connectivity index (χ3v) is 7.96. The molecule has 1 aliphatic rings. The number of alkyl halides is 3. The van der Waals surface area contributed by atoms with Crippen molar-refractivity contribution in [2.75, 3.05) is 31.0 Å². The van der Waals surface area contributed by atoms with Crippen LogP contribution < -0.4 is 4.72 Å². The van der Waals surface area contributed by atoms with E-state index in [1.807, 2.05) is 0 Å². The van der Waals surface area contributed by atoms with Gasteiger partial charge in [0.25, 0.3) is 10.0 Å². The lowest BCUT2D eigenvalue weighted by atomic mass is 10.2. The first-order valence-electron chi connectivity index (χ1n) is 8.80. The van der Waals surface area contributed by atoms with Crippen molar-refractivity contribution in [1.29, 1.82) is 0 Å². The minimum Gasteiger partial charge on any atom is -0.379 e. The number of hydrogen-bond acceptors (Lipinski definition) is 5. The largest absolute Gasteiger partial charge is 0.416 e. The Bertz CT molecular complexity index is 1130. The van der Waals surface area contributed by atoms with Gasteiger partial charge in [0, 0.05) is 13.1 Å². The summed E-state index contributed by atoms with van der Waals surface area (Å²) in [6.07, 6.45) is -4.59. The average molecular weight is 464 g/mol. The summed E-state index contributed by atoms with van der Waals surface area (Å²) >= 11 is 0. The van der Waals surface area contributed by atoms with Gasteiger partial charge in [-0.05, 0) is 48.9 Å². The highest BCUT2D eigenvalue weighted by atomic mass is 32.2. The molecule has 1 aliphatic heterocycles. The second kappa shape index (κ2) is 8.17. The quantitative estimate of drug-likeness (QED) is 0.735. The zero-order valence-electron chi connectivity index (χ0n) is 15.8. The summed E-state index contributed by atoms with van der Waals surface area (Å²) in [6, 6.07) is 7.04. The minimum atomic E-state index is -4.59. The Kier molecular flexibility index (Phi) is 6.14. The molecule has 0 amide bonds. The number of halogens is 3. The summed E-state index contributed by atoms with van der Waals surface area (Å²) in [7, 11) is -8.09. The van der Waals surface area contributed by atoms with Crippen molar-refractivity contribution in [3.8, 4) is 0 Å². The van der Waals surface area contributed by atoms with E-state index < -0.39 is 31.8 Å². The number of benzene rings is 2. The molecule has 1 saturated heterocycles. The van der Waals surface area contributed by atoms with E-state index in [9.17, 15) is 30.0 Å². The number of ether oxygens (including phenoxy) is 1. The number of hydrogen-bond donors (Lipinski definition) is 1. The Balaban J connectivity index is 1.89. The van der Waals surface area contributed by atoms with Gasteiger partial charge in [-0.15, -0.1) is 0 Å². The number of aryl methyl sites for hydroxylation is 1. The third kappa shape index (κ3) is 4.77. The van der Waals surface area contributed by atoms with Gasteiger partial charge in [-0.3, -0.25) is 4.72 Å². The van der Waals surface area contributed by atoms with Crippen molar-refractivity contribution in [1.82, 2.24) is 4.31 Å². The first-order chi connectivity index (χ1) is 13.9. The van der Waals surface area contributed by atoms with E-state index in [1.54, 1.807) is 6.92 Å². The van der Waals surface area contributed by atoms with Crippen molar-refractivity contribution < 1.29 is 34.7 Å². The first-order valence-corrected chi connectivity index (χ1v) is 11.7. The lowest BCUT2D eigenvalue weighted by molar-refractivity contribution is -0.137. The molecule has 1 fully saturated rings. The van der Waals surface area contributed by atoms with E-state index in [0.717, 1.165) is 12.1 Å². The van der Waals surface area contributed by atoms with Crippen LogP contribution in [0, 0.1) is 6.92 Å². The Labute approximate surface area is 172 Å². The van der Waals surface area contributed by atoms with E-state index in [1.165, 1.54) is 22.5 Å². The number of nitrogens with zero attached hydrogens (tertiary/aromatic N) is 1. The molecular weight excluding hydrogens is 445 g/mol. The maximum Gasteiger partial charge on any atom is 0.416 e. The van der Waals surface area contributed by atoms with E-state index >= 15 is 0 Å². The molecule has 30 heavy (non-hydrogen) atoms. The van der Waals surface area contributed by atoms with Gasteiger partial charge in [0.15, 0.2) is 0 Å². The van der Waals surface area contributed by atoms with Gasteiger partial charge in [0.05, 0.1) is 34.3 Å². The molecule has 0 aliphatic carbocycles. The van der Waals surface area contributed by atoms with E-state index in [-0.39, 0.29) is 41.8 Å². The number of anilines is 1. The number of rotatable bonds is 5. The van der Waals surface area contributed by atoms with Crippen LogP contribution in [0.3, 0.4) is 0 Å². The molecule has 2 aromatic rings. The summed E-state index contributed by atoms with van der Waals surface area (Å²) < 4.78 is 97.6. The fraction of sp³-hybridized carbons (Fsp3) is 0.333. The summed E-state index contributed by atoms with van der Waals surface area (Å²) in [5.74, 6) is 0. The van der Waals surface area contributed by atoms with Crippen molar-refractivity contribution in [2.24, 2.45) is 0 Å².